The summed E-state index contributed by atoms with van der Waals surface area (Å²) >= 11 is 6.03. The number of hydrogen-bond acceptors (Lipinski definition) is 2. The minimum absolute atomic E-state index is 0.132. The van der Waals surface area contributed by atoms with Crippen molar-refractivity contribution in [2.75, 3.05) is 24.3 Å². The summed E-state index contributed by atoms with van der Waals surface area (Å²) in [6.45, 7) is 3.96. The maximum Gasteiger partial charge on any atom is 0.255 e. The zero-order valence-corrected chi connectivity index (χ0v) is 13.5. The fourth-order valence-electron chi connectivity index (χ4n) is 2.30. The van der Waals surface area contributed by atoms with E-state index in [9.17, 15) is 4.79 Å². The van der Waals surface area contributed by atoms with E-state index in [1.54, 1.807) is 6.07 Å². The highest BCUT2D eigenvalue weighted by atomic mass is 35.5. The number of aryl methyl sites for hydroxylation is 2. The molecule has 2 aromatic rings. The predicted octanol–water partition coefficient (Wildman–Crippen LogP) is 4.28. The Balaban J connectivity index is 2.33. The molecule has 4 heteroatoms. The molecule has 0 saturated heterocycles. The maximum atomic E-state index is 12.4. The van der Waals surface area contributed by atoms with Crippen molar-refractivity contribution in [1.82, 2.24) is 0 Å². The van der Waals surface area contributed by atoms with E-state index in [-0.39, 0.29) is 5.91 Å². The third kappa shape index (κ3) is 3.76. The van der Waals surface area contributed by atoms with Gasteiger partial charge in [-0.3, -0.25) is 4.79 Å². The minimum atomic E-state index is -0.132. The molecule has 2 rings (SSSR count). The molecule has 1 N–H and O–H groups in total. The lowest BCUT2D eigenvalue weighted by Crippen LogP contribution is -2.17. The number of carbonyl (C=O) groups excluding carboxylic acids is 1. The van der Waals surface area contributed by atoms with Crippen molar-refractivity contribution in [1.29, 1.82) is 0 Å². The lowest BCUT2D eigenvalue weighted by molar-refractivity contribution is 0.102. The molecule has 0 saturated carbocycles. The molecule has 0 spiro atoms. The molecular formula is C17H19ClN2O. The van der Waals surface area contributed by atoms with Crippen molar-refractivity contribution in [3.63, 3.8) is 0 Å². The first-order valence-electron chi connectivity index (χ1n) is 6.73. The molecule has 0 radical (unpaired) electrons. The molecule has 0 aliphatic carbocycles. The summed E-state index contributed by atoms with van der Waals surface area (Å²) < 4.78 is 0. The van der Waals surface area contributed by atoms with Crippen LogP contribution in [0.25, 0.3) is 0 Å². The summed E-state index contributed by atoms with van der Waals surface area (Å²) in [5.74, 6) is -0.132. The van der Waals surface area contributed by atoms with Gasteiger partial charge in [-0.15, -0.1) is 0 Å². The molecule has 0 aliphatic heterocycles. The third-order valence-corrected chi connectivity index (χ3v) is 3.41. The van der Waals surface area contributed by atoms with Gasteiger partial charge in [0, 0.05) is 24.7 Å². The zero-order chi connectivity index (χ0) is 15.6. The number of nitrogens with one attached hydrogen (secondary N) is 1. The zero-order valence-electron chi connectivity index (χ0n) is 12.7. The SMILES string of the molecule is Cc1cc(C)cc(C(=O)Nc2cc(Cl)ccc2N(C)C)c1. The molecule has 21 heavy (non-hydrogen) atoms. The second-order valence-electron chi connectivity index (χ2n) is 5.39. The Kier molecular flexibility index (Phi) is 4.53. The van der Waals surface area contributed by atoms with Crippen LogP contribution in [-0.2, 0) is 0 Å². The van der Waals surface area contributed by atoms with E-state index in [1.807, 2.05) is 63.2 Å². The summed E-state index contributed by atoms with van der Waals surface area (Å²) in [7, 11) is 3.85. The number of rotatable bonds is 3. The van der Waals surface area contributed by atoms with E-state index in [0.29, 0.717) is 16.3 Å². The Morgan fingerprint density at radius 2 is 1.67 bits per heavy atom. The fraction of sp³-hybridized carbons (Fsp3) is 0.235. The number of halogens is 1. The molecule has 0 fully saturated rings. The number of benzene rings is 2. The molecule has 1 amide bonds. The average Bonchev–Trinajstić information content (AvgIpc) is 2.37. The van der Waals surface area contributed by atoms with Crippen LogP contribution in [-0.4, -0.2) is 20.0 Å². The minimum Gasteiger partial charge on any atom is -0.376 e. The topological polar surface area (TPSA) is 32.3 Å². The van der Waals surface area contributed by atoms with Gasteiger partial charge in [0.2, 0.25) is 0 Å². The fourth-order valence-corrected chi connectivity index (χ4v) is 2.47. The molecule has 0 unspecified atom stereocenters. The van der Waals surface area contributed by atoms with Gasteiger partial charge in [-0.2, -0.15) is 0 Å². The monoisotopic (exact) mass is 302 g/mol. The highest BCUT2D eigenvalue weighted by Gasteiger charge is 2.11. The Morgan fingerprint density at radius 1 is 1.05 bits per heavy atom. The highest BCUT2D eigenvalue weighted by Crippen LogP contribution is 2.28. The lowest BCUT2D eigenvalue weighted by atomic mass is 10.1. The van der Waals surface area contributed by atoms with Crippen LogP contribution in [0.1, 0.15) is 21.5 Å². The van der Waals surface area contributed by atoms with Crippen LogP contribution in [0.2, 0.25) is 5.02 Å². The third-order valence-electron chi connectivity index (χ3n) is 3.17. The van der Waals surface area contributed by atoms with Crippen LogP contribution >= 0.6 is 11.6 Å². The highest BCUT2D eigenvalue weighted by molar-refractivity contribution is 6.31. The van der Waals surface area contributed by atoms with E-state index < -0.39 is 0 Å². The molecule has 0 bridgehead atoms. The Labute approximate surface area is 130 Å². The number of hydrogen-bond donors (Lipinski definition) is 1. The summed E-state index contributed by atoms with van der Waals surface area (Å²) in [6.07, 6.45) is 0. The standard InChI is InChI=1S/C17H19ClN2O/c1-11-7-12(2)9-13(8-11)17(21)19-15-10-14(18)5-6-16(15)20(3)4/h5-10H,1-4H3,(H,19,21). The molecule has 0 atom stereocenters. The summed E-state index contributed by atoms with van der Waals surface area (Å²) in [5, 5.41) is 3.53. The van der Waals surface area contributed by atoms with Crippen molar-refractivity contribution in [2.45, 2.75) is 13.8 Å². The van der Waals surface area contributed by atoms with Crippen LogP contribution in [0.4, 0.5) is 11.4 Å². The molecule has 0 heterocycles. The first-order valence-corrected chi connectivity index (χ1v) is 7.11. The van der Waals surface area contributed by atoms with Crippen molar-refractivity contribution < 1.29 is 4.79 Å². The van der Waals surface area contributed by atoms with Gasteiger partial charge >= 0.3 is 0 Å². The normalized spacial score (nSPS) is 10.3. The summed E-state index contributed by atoms with van der Waals surface area (Å²) in [6, 6.07) is 11.3. The van der Waals surface area contributed by atoms with Crippen LogP contribution < -0.4 is 10.2 Å². The van der Waals surface area contributed by atoms with Crippen molar-refractivity contribution >= 4 is 28.9 Å². The van der Waals surface area contributed by atoms with Crippen molar-refractivity contribution in [2.24, 2.45) is 0 Å². The lowest BCUT2D eigenvalue weighted by Gasteiger charge is -2.18. The van der Waals surface area contributed by atoms with Gasteiger partial charge < -0.3 is 10.2 Å². The van der Waals surface area contributed by atoms with Gasteiger partial charge in [0.1, 0.15) is 0 Å². The molecule has 0 aromatic heterocycles. The van der Waals surface area contributed by atoms with Crippen LogP contribution in [0.3, 0.4) is 0 Å². The van der Waals surface area contributed by atoms with Gasteiger partial charge in [-0.05, 0) is 44.2 Å². The van der Waals surface area contributed by atoms with Gasteiger partial charge in [0.25, 0.3) is 5.91 Å². The number of anilines is 2. The number of amides is 1. The van der Waals surface area contributed by atoms with Gasteiger partial charge in [0.15, 0.2) is 0 Å². The first kappa shape index (κ1) is 15.4. The summed E-state index contributed by atoms with van der Waals surface area (Å²) in [5.41, 5.74) is 4.41. The van der Waals surface area contributed by atoms with E-state index >= 15 is 0 Å². The molecule has 2 aromatic carbocycles. The average molecular weight is 303 g/mol. The Bertz CT molecular complexity index is 660. The van der Waals surface area contributed by atoms with Gasteiger partial charge in [-0.1, -0.05) is 28.8 Å². The van der Waals surface area contributed by atoms with E-state index in [1.165, 1.54) is 0 Å². The van der Waals surface area contributed by atoms with Crippen LogP contribution in [0.15, 0.2) is 36.4 Å². The molecule has 110 valence electrons. The maximum absolute atomic E-state index is 12.4. The van der Waals surface area contributed by atoms with Crippen LogP contribution in [0.5, 0.6) is 0 Å². The number of nitrogens with zero attached hydrogens (tertiary/aromatic N) is 1. The van der Waals surface area contributed by atoms with Gasteiger partial charge in [-0.25, -0.2) is 0 Å². The van der Waals surface area contributed by atoms with Crippen molar-refractivity contribution in [3.8, 4) is 0 Å². The molecular weight excluding hydrogens is 284 g/mol. The summed E-state index contributed by atoms with van der Waals surface area (Å²) in [4.78, 5) is 14.4. The van der Waals surface area contributed by atoms with E-state index in [2.05, 4.69) is 5.32 Å². The van der Waals surface area contributed by atoms with Crippen LogP contribution in [0, 0.1) is 13.8 Å². The Hall–Kier alpha value is -2.00. The van der Waals surface area contributed by atoms with Gasteiger partial charge in [0.05, 0.1) is 11.4 Å². The second kappa shape index (κ2) is 6.19. The quantitative estimate of drug-likeness (QED) is 0.918. The van der Waals surface area contributed by atoms with Crippen molar-refractivity contribution in [3.05, 3.63) is 58.1 Å². The number of carbonyl (C=O) groups is 1. The molecule has 0 aliphatic rings. The largest absolute Gasteiger partial charge is 0.376 e. The predicted molar refractivity (Wildman–Crippen MR) is 89.6 cm³/mol. The second-order valence-corrected chi connectivity index (χ2v) is 5.82. The Morgan fingerprint density at radius 3 is 2.24 bits per heavy atom. The molecule has 3 nitrogen and oxygen atoms in total. The smallest absolute Gasteiger partial charge is 0.255 e. The van der Waals surface area contributed by atoms with E-state index in [0.717, 1.165) is 16.8 Å². The first-order chi connectivity index (χ1) is 9.86. The van der Waals surface area contributed by atoms with E-state index in [4.69, 9.17) is 11.6 Å².